The van der Waals surface area contributed by atoms with Gasteiger partial charge in [-0.25, -0.2) is 9.59 Å². The number of aromatic nitrogens is 1. The van der Waals surface area contributed by atoms with Crippen LogP contribution in [-0.4, -0.2) is 35.9 Å². The van der Waals surface area contributed by atoms with E-state index in [0.717, 1.165) is 11.1 Å². The lowest BCUT2D eigenvalue weighted by molar-refractivity contribution is 0.0472. The maximum absolute atomic E-state index is 12.6. The number of carbonyl (C=O) groups excluding carboxylic acids is 3. The van der Waals surface area contributed by atoms with E-state index in [-0.39, 0.29) is 17.7 Å². The third kappa shape index (κ3) is 4.20. The van der Waals surface area contributed by atoms with Crippen molar-refractivity contribution in [1.29, 1.82) is 0 Å². The Morgan fingerprint density at radius 2 is 1.42 bits per heavy atom. The molecule has 6 heteroatoms. The molecule has 0 saturated heterocycles. The van der Waals surface area contributed by atoms with Gasteiger partial charge in [0.1, 0.15) is 0 Å². The SMILES string of the molecule is CCOC(=O)c1c(C)[nH]c(C)c1C(=O)COC(=O)c1cc(C)cc(C)c1. The summed E-state index contributed by atoms with van der Waals surface area (Å²) in [6.07, 6.45) is 0. The summed E-state index contributed by atoms with van der Waals surface area (Å²) in [5.74, 6) is -1.60. The minimum atomic E-state index is -0.576. The normalized spacial score (nSPS) is 10.5. The van der Waals surface area contributed by atoms with Crippen LogP contribution in [0, 0.1) is 27.7 Å². The van der Waals surface area contributed by atoms with Crippen molar-refractivity contribution in [3.8, 4) is 0 Å². The quantitative estimate of drug-likeness (QED) is 0.632. The highest BCUT2D eigenvalue weighted by Crippen LogP contribution is 2.20. The Balaban J connectivity index is 2.18. The maximum Gasteiger partial charge on any atom is 0.340 e. The molecule has 1 heterocycles. The summed E-state index contributed by atoms with van der Waals surface area (Å²) in [6.45, 7) is 8.60. The molecule has 26 heavy (non-hydrogen) atoms. The van der Waals surface area contributed by atoms with Gasteiger partial charge in [0, 0.05) is 11.4 Å². The Morgan fingerprint density at radius 3 is 2.00 bits per heavy atom. The summed E-state index contributed by atoms with van der Waals surface area (Å²) in [7, 11) is 0. The maximum atomic E-state index is 12.6. The molecule has 0 aliphatic heterocycles. The molecule has 0 unspecified atom stereocenters. The predicted molar refractivity (Wildman–Crippen MR) is 96.8 cm³/mol. The van der Waals surface area contributed by atoms with E-state index in [1.165, 1.54) is 0 Å². The number of benzene rings is 1. The summed E-state index contributed by atoms with van der Waals surface area (Å²) < 4.78 is 10.2. The van der Waals surface area contributed by atoms with Gasteiger partial charge in [-0.2, -0.15) is 0 Å². The van der Waals surface area contributed by atoms with E-state index >= 15 is 0 Å². The van der Waals surface area contributed by atoms with E-state index in [2.05, 4.69) is 4.98 Å². The molecule has 0 saturated carbocycles. The number of rotatable bonds is 6. The van der Waals surface area contributed by atoms with Crippen LogP contribution in [0.3, 0.4) is 0 Å². The predicted octanol–water partition coefficient (Wildman–Crippen LogP) is 3.46. The lowest BCUT2D eigenvalue weighted by atomic mass is 10.0. The first kappa shape index (κ1) is 19.4. The fourth-order valence-corrected chi connectivity index (χ4v) is 2.97. The Hall–Kier alpha value is -2.89. The number of nitrogens with one attached hydrogen (secondary N) is 1. The number of aromatic amines is 1. The van der Waals surface area contributed by atoms with E-state index in [1.807, 2.05) is 19.9 Å². The van der Waals surface area contributed by atoms with Gasteiger partial charge >= 0.3 is 11.9 Å². The number of hydrogen-bond donors (Lipinski definition) is 1. The number of ether oxygens (including phenoxy) is 2. The average molecular weight is 357 g/mol. The number of esters is 2. The highest BCUT2D eigenvalue weighted by atomic mass is 16.5. The molecule has 0 atom stereocenters. The van der Waals surface area contributed by atoms with Crippen molar-refractivity contribution in [2.24, 2.45) is 0 Å². The first-order chi connectivity index (χ1) is 12.2. The van der Waals surface area contributed by atoms with Crippen LogP contribution in [0.15, 0.2) is 18.2 Å². The molecule has 0 spiro atoms. The van der Waals surface area contributed by atoms with Gasteiger partial charge in [0.05, 0.1) is 23.3 Å². The van der Waals surface area contributed by atoms with Gasteiger partial charge in [0.25, 0.3) is 0 Å². The van der Waals surface area contributed by atoms with Crippen LogP contribution in [0.25, 0.3) is 0 Å². The largest absolute Gasteiger partial charge is 0.462 e. The van der Waals surface area contributed by atoms with Crippen LogP contribution in [0.4, 0.5) is 0 Å². The van der Waals surface area contributed by atoms with E-state index in [1.54, 1.807) is 32.9 Å². The van der Waals surface area contributed by atoms with Crippen molar-refractivity contribution in [2.45, 2.75) is 34.6 Å². The van der Waals surface area contributed by atoms with Gasteiger partial charge in [0.2, 0.25) is 5.78 Å². The average Bonchev–Trinajstić information content (AvgIpc) is 2.85. The summed E-state index contributed by atoms with van der Waals surface area (Å²) in [5.41, 5.74) is 3.74. The fourth-order valence-electron chi connectivity index (χ4n) is 2.97. The smallest absolute Gasteiger partial charge is 0.340 e. The molecule has 0 fully saturated rings. The monoisotopic (exact) mass is 357 g/mol. The van der Waals surface area contributed by atoms with E-state index in [0.29, 0.717) is 17.0 Å². The van der Waals surface area contributed by atoms with Gasteiger partial charge < -0.3 is 14.5 Å². The molecule has 0 bridgehead atoms. The van der Waals surface area contributed by atoms with Crippen LogP contribution in [0.2, 0.25) is 0 Å². The standard InChI is InChI=1S/C20H23NO5/c1-6-25-20(24)18-14(5)21-13(4)17(18)16(22)10-26-19(23)15-8-11(2)7-12(3)9-15/h7-9,21H,6,10H2,1-5H3. The van der Waals surface area contributed by atoms with Crippen molar-refractivity contribution >= 4 is 17.7 Å². The third-order valence-corrected chi connectivity index (χ3v) is 3.93. The van der Waals surface area contributed by atoms with Crippen LogP contribution < -0.4 is 0 Å². The number of Topliss-reactive ketones (excluding diaryl/α,β-unsaturated/α-hetero) is 1. The minimum Gasteiger partial charge on any atom is -0.462 e. The number of H-pyrrole nitrogens is 1. The van der Waals surface area contributed by atoms with Crippen LogP contribution in [0.5, 0.6) is 0 Å². The van der Waals surface area contributed by atoms with E-state index in [4.69, 9.17) is 9.47 Å². The number of ketones is 1. The molecular formula is C20H23NO5. The molecule has 0 aliphatic carbocycles. The molecular weight excluding hydrogens is 334 g/mol. The highest BCUT2D eigenvalue weighted by Gasteiger charge is 2.26. The van der Waals surface area contributed by atoms with E-state index < -0.39 is 24.3 Å². The van der Waals surface area contributed by atoms with E-state index in [9.17, 15) is 14.4 Å². The van der Waals surface area contributed by atoms with Gasteiger partial charge in [-0.15, -0.1) is 0 Å². The molecule has 1 aromatic heterocycles. The number of hydrogen-bond acceptors (Lipinski definition) is 5. The molecule has 6 nitrogen and oxygen atoms in total. The van der Waals surface area contributed by atoms with Crippen molar-refractivity contribution in [3.05, 3.63) is 57.4 Å². The molecule has 1 aromatic carbocycles. The first-order valence-electron chi connectivity index (χ1n) is 8.39. The zero-order valence-electron chi connectivity index (χ0n) is 15.7. The third-order valence-electron chi connectivity index (χ3n) is 3.93. The molecule has 1 N–H and O–H groups in total. The number of carbonyl (C=O) groups is 3. The molecule has 2 rings (SSSR count). The Labute approximate surface area is 152 Å². The highest BCUT2D eigenvalue weighted by molar-refractivity contribution is 6.09. The zero-order chi connectivity index (χ0) is 19.4. The Morgan fingerprint density at radius 1 is 0.846 bits per heavy atom. The number of aryl methyl sites for hydroxylation is 4. The van der Waals surface area contributed by atoms with Crippen molar-refractivity contribution in [1.82, 2.24) is 4.98 Å². The summed E-state index contributed by atoms with van der Waals surface area (Å²) in [4.78, 5) is 39.9. The topological polar surface area (TPSA) is 85.5 Å². The molecule has 0 aliphatic rings. The summed E-state index contributed by atoms with van der Waals surface area (Å²) in [6, 6.07) is 5.35. The lowest BCUT2D eigenvalue weighted by Gasteiger charge is -2.08. The second kappa shape index (κ2) is 7.99. The molecule has 138 valence electrons. The fraction of sp³-hybridized carbons (Fsp3) is 0.350. The minimum absolute atomic E-state index is 0.191. The van der Waals surface area contributed by atoms with Crippen LogP contribution in [0.1, 0.15) is 60.5 Å². The Kier molecular flexibility index (Phi) is 5.97. The van der Waals surface area contributed by atoms with Gasteiger partial charge in [-0.05, 0) is 46.8 Å². The Bertz CT molecular complexity index is 843. The summed E-state index contributed by atoms with van der Waals surface area (Å²) >= 11 is 0. The lowest BCUT2D eigenvalue weighted by Crippen LogP contribution is -2.18. The van der Waals surface area contributed by atoms with Crippen molar-refractivity contribution < 1.29 is 23.9 Å². The van der Waals surface area contributed by atoms with Crippen molar-refractivity contribution in [2.75, 3.05) is 13.2 Å². The van der Waals surface area contributed by atoms with Gasteiger partial charge in [-0.3, -0.25) is 4.79 Å². The zero-order valence-corrected chi connectivity index (χ0v) is 15.7. The van der Waals surface area contributed by atoms with Crippen LogP contribution in [-0.2, 0) is 9.47 Å². The molecule has 2 aromatic rings. The second-order valence-electron chi connectivity index (χ2n) is 6.22. The first-order valence-corrected chi connectivity index (χ1v) is 8.39. The van der Waals surface area contributed by atoms with Gasteiger partial charge in [-0.1, -0.05) is 17.2 Å². The van der Waals surface area contributed by atoms with Crippen molar-refractivity contribution in [3.63, 3.8) is 0 Å². The van der Waals surface area contributed by atoms with Crippen LogP contribution >= 0.6 is 0 Å². The molecule has 0 radical (unpaired) electrons. The van der Waals surface area contributed by atoms with Gasteiger partial charge in [0.15, 0.2) is 6.61 Å². The second-order valence-corrected chi connectivity index (χ2v) is 6.22. The molecule has 0 amide bonds. The summed E-state index contributed by atoms with van der Waals surface area (Å²) in [5, 5.41) is 0.